The van der Waals surface area contributed by atoms with Gasteiger partial charge in [0.15, 0.2) is 5.13 Å². The lowest BCUT2D eigenvalue weighted by Gasteiger charge is -2.08. The van der Waals surface area contributed by atoms with Gasteiger partial charge < -0.3 is 10.2 Å². The number of hydrogen-bond donors (Lipinski definition) is 1. The zero-order chi connectivity index (χ0) is 14.7. The minimum Gasteiger partial charge on any atom is -0.361 e. The van der Waals surface area contributed by atoms with Gasteiger partial charge in [-0.15, -0.1) is 11.3 Å². The maximum atomic E-state index is 4.72. The molecule has 0 atom stereocenters. The molecular weight excluding hydrogens is 278 g/mol. The fraction of sp³-hybridized carbons (Fsp3) is 0.471. The van der Waals surface area contributed by atoms with Crippen molar-refractivity contribution in [3.8, 4) is 11.3 Å². The molecule has 1 heterocycles. The van der Waals surface area contributed by atoms with Crippen molar-refractivity contribution in [1.29, 1.82) is 0 Å². The van der Waals surface area contributed by atoms with Gasteiger partial charge in [-0.1, -0.05) is 12.1 Å². The second-order valence-electron chi connectivity index (χ2n) is 5.96. The van der Waals surface area contributed by atoms with Crippen LogP contribution >= 0.6 is 11.3 Å². The third-order valence-electron chi connectivity index (χ3n) is 3.96. The van der Waals surface area contributed by atoms with Crippen LogP contribution < -0.4 is 5.32 Å². The van der Waals surface area contributed by atoms with E-state index >= 15 is 0 Å². The van der Waals surface area contributed by atoms with Gasteiger partial charge in [-0.05, 0) is 63.5 Å². The van der Waals surface area contributed by atoms with E-state index in [0.29, 0.717) is 0 Å². The number of anilines is 1. The van der Waals surface area contributed by atoms with Gasteiger partial charge in [0.1, 0.15) is 0 Å². The van der Waals surface area contributed by atoms with E-state index in [1.807, 2.05) is 0 Å². The minimum atomic E-state index is 0.981. The monoisotopic (exact) mass is 301 g/mol. The lowest BCUT2D eigenvalue weighted by Crippen LogP contribution is -2.16. The Morgan fingerprint density at radius 2 is 2.10 bits per heavy atom. The zero-order valence-corrected chi connectivity index (χ0v) is 13.7. The molecule has 0 saturated carbocycles. The van der Waals surface area contributed by atoms with Crippen LogP contribution in [-0.4, -0.2) is 37.1 Å². The van der Waals surface area contributed by atoms with Crippen molar-refractivity contribution in [3.05, 3.63) is 34.7 Å². The Kier molecular flexibility index (Phi) is 4.56. The smallest absolute Gasteiger partial charge is 0.183 e. The van der Waals surface area contributed by atoms with E-state index in [1.165, 1.54) is 36.0 Å². The standard InChI is InChI=1S/C17H23N3S/c1-20(2)10-4-9-18-17-19-16(12-21-17)15-8-7-13-5-3-6-14(13)11-15/h7-8,11-12H,3-6,9-10H2,1-2H3,(H,18,19). The summed E-state index contributed by atoms with van der Waals surface area (Å²) in [6, 6.07) is 6.82. The van der Waals surface area contributed by atoms with Crippen LogP contribution in [0.3, 0.4) is 0 Å². The van der Waals surface area contributed by atoms with Crippen LogP contribution in [0, 0.1) is 0 Å². The first-order valence-electron chi connectivity index (χ1n) is 7.69. The molecule has 0 saturated heterocycles. The molecule has 0 spiro atoms. The summed E-state index contributed by atoms with van der Waals surface area (Å²) in [7, 11) is 4.21. The maximum Gasteiger partial charge on any atom is 0.183 e. The lowest BCUT2D eigenvalue weighted by atomic mass is 10.1. The minimum absolute atomic E-state index is 0.981. The summed E-state index contributed by atoms with van der Waals surface area (Å²) < 4.78 is 0. The van der Waals surface area contributed by atoms with Gasteiger partial charge in [0.2, 0.25) is 0 Å². The van der Waals surface area contributed by atoms with Crippen LogP contribution in [0.5, 0.6) is 0 Å². The highest BCUT2D eigenvalue weighted by Crippen LogP contribution is 2.29. The predicted octanol–water partition coefficient (Wildman–Crippen LogP) is 3.66. The molecule has 3 nitrogen and oxygen atoms in total. The topological polar surface area (TPSA) is 28.2 Å². The van der Waals surface area contributed by atoms with Gasteiger partial charge in [-0.3, -0.25) is 0 Å². The maximum absolute atomic E-state index is 4.72. The van der Waals surface area contributed by atoms with Crippen molar-refractivity contribution in [2.45, 2.75) is 25.7 Å². The molecule has 0 amide bonds. The average Bonchev–Trinajstić information content (AvgIpc) is 3.11. The Hall–Kier alpha value is -1.39. The molecule has 21 heavy (non-hydrogen) atoms. The largest absolute Gasteiger partial charge is 0.361 e. The van der Waals surface area contributed by atoms with Gasteiger partial charge >= 0.3 is 0 Å². The van der Waals surface area contributed by atoms with E-state index in [2.05, 4.69) is 47.9 Å². The molecule has 1 aliphatic rings. The Balaban J connectivity index is 1.62. The first kappa shape index (κ1) is 14.5. The Morgan fingerprint density at radius 1 is 1.24 bits per heavy atom. The second-order valence-corrected chi connectivity index (χ2v) is 6.82. The SMILES string of the molecule is CN(C)CCCNc1nc(-c2ccc3c(c2)CCC3)cs1. The number of nitrogens with one attached hydrogen (secondary N) is 1. The molecule has 4 heteroatoms. The Labute approximate surface area is 131 Å². The molecule has 0 aliphatic heterocycles. The fourth-order valence-electron chi connectivity index (χ4n) is 2.81. The zero-order valence-electron chi connectivity index (χ0n) is 12.9. The number of aryl methyl sites for hydroxylation is 2. The lowest BCUT2D eigenvalue weighted by molar-refractivity contribution is 0.405. The molecule has 1 aromatic carbocycles. The van der Waals surface area contributed by atoms with Crippen molar-refractivity contribution < 1.29 is 0 Å². The third-order valence-corrected chi connectivity index (χ3v) is 4.76. The van der Waals surface area contributed by atoms with E-state index in [9.17, 15) is 0 Å². The fourth-order valence-corrected chi connectivity index (χ4v) is 3.56. The number of rotatable bonds is 6. The third kappa shape index (κ3) is 3.63. The predicted molar refractivity (Wildman–Crippen MR) is 91.2 cm³/mol. The molecule has 3 rings (SSSR count). The van der Waals surface area contributed by atoms with Gasteiger partial charge in [0.25, 0.3) is 0 Å². The molecule has 0 fully saturated rings. The second kappa shape index (κ2) is 6.58. The van der Waals surface area contributed by atoms with Gasteiger partial charge in [0.05, 0.1) is 5.69 Å². The van der Waals surface area contributed by atoms with Crippen LogP contribution in [-0.2, 0) is 12.8 Å². The Bertz CT molecular complexity index is 604. The summed E-state index contributed by atoms with van der Waals surface area (Å²) in [6.07, 6.45) is 4.91. The van der Waals surface area contributed by atoms with Gasteiger partial charge in [0, 0.05) is 17.5 Å². The number of fused-ring (bicyclic) bond motifs is 1. The van der Waals surface area contributed by atoms with E-state index in [0.717, 1.165) is 30.3 Å². The van der Waals surface area contributed by atoms with Crippen LogP contribution in [0.1, 0.15) is 24.0 Å². The molecule has 1 aliphatic carbocycles. The Morgan fingerprint density at radius 3 is 2.95 bits per heavy atom. The van der Waals surface area contributed by atoms with E-state index in [1.54, 1.807) is 11.3 Å². The number of hydrogen-bond acceptors (Lipinski definition) is 4. The first-order valence-corrected chi connectivity index (χ1v) is 8.56. The van der Waals surface area contributed by atoms with Crippen LogP contribution in [0.2, 0.25) is 0 Å². The van der Waals surface area contributed by atoms with Crippen molar-refractivity contribution in [2.75, 3.05) is 32.5 Å². The summed E-state index contributed by atoms with van der Waals surface area (Å²) in [5.74, 6) is 0. The summed E-state index contributed by atoms with van der Waals surface area (Å²) in [4.78, 5) is 6.92. The van der Waals surface area contributed by atoms with Crippen molar-refractivity contribution in [1.82, 2.24) is 9.88 Å². The van der Waals surface area contributed by atoms with Crippen LogP contribution in [0.4, 0.5) is 5.13 Å². The molecule has 1 N–H and O–H groups in total. The molecule has 0 bridgehead atoms. The highest BCUT2D eigenvalue weighted by Gasteiger charge is 2.12. The molecule has 2 aromatic rings. The molecule has 112 valence electrons. The quantitative estimate of drug-likeness (QED) is 0.825. The number of nitrogens with zero attached hydrogens (tertiary/aromatic N) is 2. The number of benzene rings is 1. The average molecular weight is 301 g/mol. The first-order chi connectivity index (χ1) is 10.2. The highest BCUT2D eigenvalue weighted by atomic mass is 32.1. The van der Waals surface area contributed by atoms with E-state index in [-0.39, 0.29) is 0 Å². The van der Waals surface area contributed by atoms with Crippen molar-refractivity contribution >= 4 is 16.5 Å². The number of aromatic nitrogens is 1. The molecule has 1 aromatic heterocycles. The summed E-state index contributed by atoms with van der Waals surface area (Å²) in [5.41, 5.74) is 5.40. The van der Waals surface area contributed by atoms with Crippen LogP contribution in [0.25, 0.3) is 11.3 Å². The van der Waals surface area contributed by atoms with Crippen LogP contribution in [0.15, 0.2) is 23.6 Å². The van der Waals surface area contributed by atoms with E-state index in [4.69, 9.17) is 4.98 Å². The van der Waals surface area contributed by atoms with Gasteiger partial charge in [-0.25, -0.2) is 4.98 Å². The van der Waals surface area contributed by atoms with Gasteiger partial charge in [-0.2, -0.15) is 0 Å². The summed E-state index contributed by atoms with van der Waals surface area (Å²) in [6.45, 7) is 2.09. The van der Waals surface area contributed by atoms with E-state index < -0.39 is 0 Å². The van der Waals surface area contributed by atoms with Crippen molar-refractivity contribution in [2.24, 2.45) is 0 Å². The normalized spacial score (nSPS) is 13.7. The highest BCUT2D eigenvalue weighted by molar-refractivity contribution is 7.14. The number of thiazole rings is 1. The summed E-state index contributed by atoms with van der Waals surface area (Å²) >= 11 is 1.70. The molecule has 0 radical (unpaired) electrons. The molecular formula is C17H23N3S. The summed E-state index contributed by atoms with van der Waals surface area (Å²) in [5, 5.41) is 6.61. The molecule has 0 unspecified atom stereocenters. The van der Waals surface area contributed by atoms with Crippen molar-refractivity contribution in [3.63, 3.8) is 0 Å².